The summed E-state index contributed by atoms with van der Waals surface area (Å²) >= 11 is 0. The molecule has 0 unspecified atom stereocenters. The predicted octanol–water partition coefficient (Wildman–Crippen LogP) is 4.99. The molecular weight excluding hydrogens is 234 g/mol. The van der Waals surface area contributed by atoms with Crippen LogP contribution in [0.5, 0.6) is 0 Å². The van der Waals surface area contributed by atoms with Crippen LogP contribution in [0.25, 0.3) is 0 Å². The summed E-state index contributed by atoms with van der Waals surface area (Å²) in [5, 5.41) is 3.01. The molecule has 0 aromatic heterocycles. The lowest BCUT2D eigenvalue weighted by Crippen LogP contribution is -2.12. The van der Waals surface area contributed by atoms with Crippen molar-refractivity contribution in [2.45, 2.75) is 65.7 Å². The van der Waals surface area contributed by atoms with Crippen molar-refractivity contribution in [3.8, 4) is 0 Å². The van der Waals surface area contributed by atoms with Crippen molar-refractivity contribution in [3.05, 3.63) is 29.3 Å². The molecule has 0 bridgehead atoms. The Morgan fingerprint density at radius 2 is 1.74 bits per heavy atom. The number of hydrogen-bond donors (Lipinski definition) is 1. The topological polar surface area (TPSA) is 29.1 Å². The summed E-state index contributed by atoms with van der Waals surface area (Å²) in [6, 6.07) is 6.16. The highest BCUT2D eigenvalue weighted by Gasteiger charge is 2.04. The fourth-order valence-corrected chi connectivity index (χ4v) is 2.15. The van der Waals surface area contributed by atoms with Gasteiger partial charge in [0.1, 0.15) is 0 Å². The van der Waals surface area contributed by atoms with Gasteiger partial charge in [-0.05, 0) is 37.5 Å². The van der Waals surface area contributed by atoms with Crippen LogP contribution in [0.3, 0.4) is 0 Å². The zero-order chi connectivity index (χ0) is 14.1. The van der Waals surface area contributed by atoms with Crippen molar-refractivity contribution in [1.82, 2.24) is 0 Å². The Kier molecular flexibility index (Phi) is 7.24. The van der Waals surface area contributed by atoms with Gasteiger partial charge in [0.15, 0.2) is 0 Å². The highest BCUT2D eigenvalue weighted by Crippen LogP contribution is 2.17. The van der Waals surface area contributed by atoms with Gasteiger partial charge in [0.25, 0.3) is 0 Å². The van der Waals surface area contributed by atoms with Crippen molar-refractivity contribution in [3.63, 3.8) is 0 Å². The molecule has 1 aromatic rings. The van der Waals surface area contributed by atoms with Gasteiger partial charge < -0.3 is 5.32 Å². The molecule has 0 aliphatic heterocycles. The maximum absolute atomic E-state index is 11.9. The molecule has 0 saturated heterocycles. The molecule has 0 saturated carbocycles. The van der Waals surface area contributed by atoms with E-state index in [-0.39, 0.29) is 5.91 Å². The van der Waals surface area contributed by atoms with Crippen molar-refractivity contribution in [2.24, 2.45) is 0 Å². The number of rotatable bonds is 8. The number of carbonyl (C=O) groups is 1. The first-order chi connectivity index (χ1) is 9.13. The second-order valence-electron chi connectivity index (χ2n) is 5.38. The molecule has 2 nitrogen and oxygen atoms in total. The molecule has 106 valence electrons. The average Bonchev–Trinajstić information content (AvgIpc) is 2.38. The molecule has 2 heteroatoms. The third-order valence-electron chi connectivity index (χ3n) is 3.42. The Morgan fingerprint density at radius 3 is 2.47 bits per heavy atom. The molecule has 1 N–H and O–H groups in total. The SMILES string of the molecule is CCCCCCCCC(=O)Nc1cc(C)ccc1C. The zero-order valence-electron chi connectivity index (χ0n) is 12.6. The molecule has 0 radical (unpaired) electrons. The van der Waals surface area contributed by atoms with Crippen LogP contribution in [-0.2, 0) is 4.79 Å². The van der Waals surface area contributed by atoms with E-state index in [0.717, 1.165) is 17.7 Å². The molecule has 0 aliphatic carbocycles. The molecule has 0 fully saturated rings. The van der Waals surface area contributed by atoms with Crippen LogP contribution in [0.4, 0.5) is 5.69 Å². The lowest BCUT2D eigenvalue weighted by Gasteiger charge is -2.09. The number of carbonyl (C=O) groups excluding carboxylic acids is 1. The largest absolute Gasteiger partial charge is 0.326 e. The standard InChI is InChI=1S/C17H27NO/c1-4-5-6-7-8-9-10-17(19)18-16-13-14(2)11-12-15(16)3/h11-13H,4-10H2,1-3H3,(H,18,19). The summed E-state index contributed by atoms with van der Waals surface area (Å²) in [6.07, 6.45) is 7.95. The van der Waals surface area contributed by atoms with E-state index in [0.29, 0.717) is 6.42 Å². The van der Waals surface area contributed by atoms with Gasteiger partial charge in [-0.25, -0.2) is 0 Å². The van der Waals surface area contributed by atoms with E-state index in [1.807, 2.05) is 19.9 Å². The first kappa shape index (κ1) is 15.7. The Labute approximate surface area is 117 Å². The monoisotopic (exact) mass is 261 g/mol. The lowest BCUT2D eigenvalue weighted by molar-refractivity contribution is -0.116. The van der Waals surface area contributed by atoms with E-state index in [1.165, 1.54) is 37.7 Å². The second kappa shape index (κ2) is 8.73. The molecule has 0 atom stereocenters. The molecule has 1 amide bonds. The van der Waals surface area contributed by atoms with Gasteiger partial charge in [0.05, 0.1) is 0 Å². The highest BCUT2D eigenvalue weighted by atomic mass is 16.1. The first-order valence-electron chi connectivity index (χ1n) is 7.50. The third kappa shape index (κ3) is 6.42. The second-order valence-corrected chi connectivity index (χ2v) is 5.38. The van der Waals surface area contributed by atoms with Gasteiger partial charge in [0.2, 0.25) is 5.91 Å². The van der Waals surface area contributed by atoms with Crippen LogP contribution in [0, 0.1) is 13.8 Å². The zero-order valence-corrected chi connectivity index (χ0v) is 12.6. The Morgan fingerprint density at radius 1 is 1.05 bits per heavy atom. The van der Waals surface area contributed by atoms with Crippen molar-refractivity contribution in [2.75, 3.05) is 5.32 Å². The maximum atomic E-state index is 11.9. The summed E-state index contributed by atoms with van der Waals surface area (Å²) in [5.74, 6) is 0.143. The van der Waals surface area contributed by atoms with Gasteiger partial charge in [0, 0.05) is 12.1 Å². The van der Waals surface area contributed by atoms with Crippen molar-refractivity contribution < 1.29 is 4.79 Å². The Balaban J connectivity index is 2.25. The summed E-state index contributed by atoms with van der Waals surface area (Å²) < 4.78 is 0. The number of nitrogens with one attached hydrogen (secondary N) is 1. The van der Waals surface area contributed by atoms with E-state index < -0.39 is 0 Å². The highest BCUT2D eigenvalue weighted by molar-refractivity contribution is 5.91. The molecule has 0 spiro atoms. The van der Waals surface area contributed by atoms with E-state index in [1.54, 1.807) is 0 Å². The fourth-order valence-electron chi connectivity index (χ4n) is 2.15. The third-order valence-corrected chi connectivity index (χ3v) is 3.42. The van der Waals surface area contributed by atoms with Gasteiger partial charge in [-0.15, -0.1) is 0 Å². The van der Waals surface area contributed by atoms with E-state index in [4.69, 9.17) is 0 Å². The van der Waals surface area contributed by atoms with Crippen LogP contribution in [0.2, 0.25) is 0 Å². The predicted molar refractivity (Wildman–Crippen MR) is 82.5 cm³/mol. The van der Waals surface area contributed by atoms with Crippen molar-refractivity contribution in [1.29, 1.82) is 0 Å². The number of anilines is 1. The van der Waals surface area contributed by atoms with Crippen LogP contribution < -0.4 is 5.32 Å². The number of unbranched alkanes of at least 4 members (excludes halogenated alkanes) is 5. The van der Waals surface area contributed by atoms with E-state index in [9.17, 15) is 4.79 Å². The Bertz CT molecular complexity index is 398. The number of hydrogen-bond acceptors (Lipinski definition) is 1. The molecular formula is C17H27NO. The van der Waals surface area contributed by atoms with Gasteiger partial charge in [-0.1, -0.05) is 51.2 Å². The quantitative estimate of drug-likeness (QED) is 0.656. The first-order valence-corrected chi connectivity index (χ1v) is 7.50. The molecule has 1 rings (SSSR count). The minimum absolute atomic E-state index is 0.143. The average molecular weight is 261 g/mol. The van der Waals surface area contributed by atoms with Gasteiger partial charge in [-0.2, -0.15) is 0 Å². The lowest BCUT2D eigenvalue weighted by atomic mass is 10.1. The number of benzene rings is 1. The smallest absolute Gasteiger partial charge is 0.224 e. The summed E-state index contributed by atoms with van der Waals surface area (Å²) in [7, 11) is 0. The van der Waals surface area contributed by atoms with Crippen LogP contribution in [0.1, 0.15) is 63.0 Å². The van der Waals surface area contributed by atoms with Gasteiger partial charge in [-0.3, -0.25) is 4.79 Å². The minimum Gasteiger partial charge on any atom is -0.326 e. The fraction of sp³-hybridized carbons (Fsp3) is 0.588. The van der Waals surface area contributed by atoms with Crippen molar-refractivity contribution >= 4 is 11.6 Å². The van der Waals surface area contributed by atoms with Crippen LogP contribution in [-0.4, -0.2) is 5.91 Å². The summed E-state index contributed by atoms with van der Waals surface area (Å²) in [6.45, 7) is 6.29. The van der Waals surface area contributed by atoms with Gasteiger partial charge >= 0.3 is 0 Å². The normalized spacial score (nSPS) is 10.5. The van der Waals surface area contributed by atoms with Crippen LogP contribution in [0.15, 0.2) is 18.2 Å². The molecule has 1 aromatic carbocycles. The number of aryl methyl sites for hydroxylation is 2. The van der Waals surface area contributed by atoms with E-state index >= 15 is 0 Å². The molecule has 19 heavy (non-hydrogen) atoms. The summed E-state index contributed by atoms with van der Waals surface area (Å²) in [5.41, 5.74) is 3.26. The van der Waals surface area contributed by atoms with Crippen LogP contribution >= 0.6 is 0 Å². The number of amides is 1. The maximum Gasteiger partial charge on any atom is 0.224 e. The Hall–Kier alpha value is -1.31. The molecule has 0 heterocycles. The summed E-state index contributed by atoms with van der Waals surface area (Å²) in [4.78, 5) is 11.9. The minimum atomic E-state index is 0.143. The van der Waals surface area contributed by atoms with E-state index in [2.05, 4.69) is 24.4 Å². The molecule has 0 aliphatic rings.